The molecule has 2 aromatic carbocycles. The van der Waals surface area contributed by atoms with Gasteiger partial charge in [0.2, 0.25) is 0 Å². The molecule has 0 aliphatic rings. The molecule has 0 saturated carbocycles. The van der Waals surface area contributed by atoms with Crippen LogP contribution in [-0.4, -0.2) is 5.78 Å². The molecular weight excluding hydrogens is 345 g/mol. The topological polar surface area (TPSA) is 40.9 Å². The first kappa shape index (κ1) is 14.7. The van der Waals surface area contributed by atoms with E-state index in [1.807, 2.05) is 6.07 Å². The molecule has 0 N–H and O–H groups in total. The minimum absolute atomic E-state index is 0.241. The first-order valence-corrected chi connectivity index (χ1v) is 6.84. The highest BCUT2D eigenvalue weighted by Crippen LogP contribution is 2.27. The Labute approximate surface area is 128 Å². The molecule has 0 heterocycles. The van der Waals surface area contributed by atoms with Gasteiger partial charge >= 0.3 is 0 Å². The van der Waals surface area contributed by atoms with Gasteiger partial charge in [-0.25, -0.2) is 4.39 Å². The molecule has 20 heavy (non-hydrogen) atoms. The molecule has 0 spiro atoms. The van der Waals surface area contributed by atoms with Crippen molar-refractivity contribution in [3.8, 4) is 6.07 Å². The molecule has 2 rings (SSSR count). The molecule has 0 amide bonds. The number of carbonyl (C=O) groups excluding carboxylic acids is 1. The summed E-state index contributed by atoms with van der Waals surface area (Å²) < 4.78 is 13.9. The SMILES string of the molecule is N#CC(C(=O)c1ccc(Br)cc1Cl)c1cccc(F)c1. The highest BCUT2D eigenvalue weighted by atomic mass is 79.9. The number of rotatable bonds is 3. The maximum Gasteiger partial charge on any atom is 0.185 e. The van der Waals surface area contributed by atoms with Crippen LogP contribution in [0.4, 0.5) is 4.39 Å². The van der Waals surface area contributed by atoms with Crippen molar-refractivity contribution in [2.45, 2.75) is 5.92 Å². The fourth-order valence-corrected chi connectivity index (χ4v) is 2.58. The van der Waals surface area contributed by atoms with Crippen LogP contribution in [0.15, 0.2) is 46.9 Å². The summed E-state index contributed by atoms with van der Waals surface area (Å²) in [6.45, 7) is 0. The third-order valence-corrected chi connectivity index (χ3v) is 3.58. The van der Waals surface area contributed by atoms with Gasteiger partial charge < -0.3 is 0 Å². The zero-order valence-corrected chi connectivity index (χ0v) is 12.5. The fourth-order valence-electron chi connectivity index (χ4n) is 1.82. The largest absolute Gasteiger partial charge is 0.292 e. The Morgan fingerprint density at radius 3 is 2.65 bits per heavy atom. The molecule has 0 radical (unpaired) electrons. The average Bonchev–Trinajstić information content (AvgIpc) is 2.39. The van der Waals surface area contributed by atoms with Crippen molar-refractivity contribution >= 4 is 33.3 Å². The first-order valence-electron chi connectivity index (χ1n) is 5.67. The van der Waals surface area contributed by atoms with Gasteiger partial charge in [-0.05, 0) is 35.9 Å². The van der Waals surface area contributed by atoms with E-state index in [1.165, 1.54) is 18.2 Å². The van der Waals surface area contributed by atoms with Crippen LogP contribution in [0.1, 0.15) is 21.8 Å². The zero-order valence-electron chi connectivity index (χ0n) is 10.1. The number of Topliss-reactive ketones (excluding diaryl/α,β-unsaturated/α-hetero) is 1. The predicted molar refractivity (Wildman–Crippen MR) is 78.2 cm³/mol. The third kappa shape index (κ3) is 3.06. The molecule has 2 aromatic rings. The van der Waals surface area contributed by atoms with Gasteiger partial charge in [0.15, 0.2) is 5.78 Å². The van der Waals surface area contributed by atoms with Crippen molar-refractivity contribution in [2.24, 2.45) is 0 Å². The van der Waals surface area contributed by atoms with E-state index in [2.05, 4.69) is 15.9 Å². The molecule has 100 valence electrons. The summed E-state index contributed by atoms with van der Waals surface area (Å²) in [5.41, 5.74) is 0.558. The maximum absolute atomic E-state index is 13.2. The quantitative estimate of drug-likeness (QED) is 0.749. The smallest absolute Gasteiger partial charge is 0.185 e. The number of hydrogen-bond acceptors (Lipinski definition) is 2. The van der Waals surface area contributed by atoms with Crippen molar-refractivity contribution in [3.63, 3.8) is 0 Å². The summed E-state index contributed by atoms with van der Waals surface area (Å²) in [7, 11) is 0. The Bertz CT molecular complexity index is 711. The second kappa shape index (κ2) is 6.17. The second-order valence-corrected chi connectivity index (χ2v) is 5.43. The molecule has 0 aliphatic carbocycles. The Balaban J connectivity index is 2.42. The Kier molecular flexibility index (Phi) is 4.53. The van der Waals surface area contributed by atoms with Crippen LogP contribution in [-0.2, 0) is 0 Å². The van der Waals surface area contributed by atoms with Crippen molar-refractivity contribution in [2.75, 3.05) is 0 Å². The number of nitriles is 1. The Morgan fingerprint density at radius 1 is 1.30 bits per heavy atom. The van der Waals surface area contributed by atoms with Crippen LogP contribution in [0, 0.1) is 17.1 Å². The summed E-state index contributed by atoms with van der Waals surface area (Å²) in [4.78, 5) is 12.4. The monoisotopic (exact) mass is 351 g/mol. The maximum atomic E-state index is 13.2. The van der Waals surface area contributed by atoms with Gasteiger partial charge in [-0.2, -0.15) is 5.26 Å². The standard InChI is InChI=1S/C15H8BrClFNO/c16-10-4-5-12(14(17)7-10)15(20)13(8-19)9-2-1-3-11(18)6-9/h1-7,13H. The summed E-state index contributed by atoms with van der Waals surface area (Å²) in [5.74, 6) is -2.02. The van der Waals surface area contributed by atoms with E-state index in [9.17, 15) is 14.4 Å². The molecule has 0 aromatic heterocycles. The Morgan fingerprint density at radius 2 is 2.05 bits per heavy atom. The molecule has 5 heteroatoms. The van der Waals surface area contributed by atoms with Crippen LogP contribution in [0.5, 0.6) is 0 Å². The van der Waals surface area contributed by atoms with E-state index >= 15 is 0 Å². The lowest BCUT2D eigenvalue weighted by atomic mass is 9.92. The highest BCUT2D eigenvalue weighted by molar-refractivity contribution is 9.10. The number of carbonyl (C=O) groups is 1. The fraction of sp³-hybridized carbons (Fsp3) is 0.0667. The van der Waals surface area contributed by atoms with Crippen molar-refractivity contribution in [1.29, 1.82) is 5.26 Å². The second-order valence-electron chi connectivity index (χ2n) is 4.11. The first-order chi connectivity index (χ1) is 9.52. The van der Waals surface area contributed by atoms with Gasteiger partial charge in [-0.15, -0.1) is 0 Å². The summed E-state index contributed by atoms with van der Waals surface area (Å²) in [6, 6.07) is 12.1. The van der Waals surface area contributed by atoms with E-state index in [0.29, 0.717) is 5.56 Å². The number of nitrogens with zero attached hydrogens (tertiary/aromatic N) is 1. The number of benzene rings is 2. The number of ketones is 1. The number of halogens is 3. The van der Waals surface area contributed by atoms with E-state index in [1.54, 1.807) is 24.3 Å². The summed E-state index contributed by atoms with van der Waals surface area (Å²) >= 11 is 9.25. The predicted octanol–water partition coefficient (Wildman–Crippen LogP) is 4.73. The van der Waals surface area contributed by atoms with Gasteiger partial charge in [0, 0.05) is 10.0 Å². The van der Waals surface area contributed by atoms with Crippen molar-refractivity contribution in [1.82, 2.24) is 0 Å². The van der Waals surface area contributed by atoms with E-state index in [-0.39, 0.29) is 10.6 Å². The van der Waals surface area contributed by atoms with Crippen molar-refractivity contribution in [3.05, 3.63) is 68.9 Å². The molecule has 0 aliphatic heterocycles. The van der Waals surface area contributed by atoms with Gasteiger partial charge in [-0.1, -0.05) is 39.7 Å². The van der Waals surface area contributed by atoms with Gasteiger partial charge in [0.25, 0.3) is 0 Å². The van der Waals surface area contributed by atoms with Crippen LogP contribution < -0.4 is 0 Å². The van der Waals surface area contributed by atoms with Crippen LogP contribution in [0.3, 0.4) is 0 Å². The summed E-state index contributed by atoms with van der Waals surface area (Å²) in [6.07, 6.45) is 0. The van der Waals surface area contributed by atoms with Gasteiger partial charge in [-0.3, -0.25) is 4.79 Å². The lowest BCUT2D eigenvalue weighted by molar-refractivity contribution is 0.0979. The van der Waals surface area contributed by atoms with Gasteiger partial charge in [0.05, 0.1) is 11.1 Å². The normalized spacial score (nSPS) is 11.7. The molecule has 1 unspecified atom stereocenters. The minimum Gasteiger partial charge on any atom is -0.292 e. The van der Waals surface area contributed by atoms with Crippen LogP contribution in [0.2, 0.25) is 5.02 Å². The van der Waals surface area contributed by atoms with Crippen LogP contribution >= 0.6 is 27.5 Å². The molecule has 0 fully saturated rings. The molecule has 0 bridgehead atoms. The third-order valence-electron chi connectivity index (χ3n) is 2.77. The van der Waals surface area contributed by atoms with Crippen molar-refractivity contribution < 1.29 is 9.18 Å². The zero-order chi connectivity index (χ0) is 14.7. The van der Waals surface area contributed by atoms with Gasteiger partial charge in [0.1, 0.15) is 11.7 Å². The molecular formula is C15H8BrClFNO. The highest BCUT2D eigenvalue weighted by Gasteiger charge is 2.24. The molecule has 1 atom stereocenters. The van der Waals surface area contributed by atoms with E-state index < -0.39 is 17.5 Å². The number of hydrogen-bond donors (Lipinski definition) is 0. The Hall–Kier alpha value is -1.70. The lowest BCUT2D eigenvalue weighted by Crippen LogP contribution is -2.12. The summed E-state index contributed by atoms with van der Waals surface area (Å²) in [5, 5.41) is 9.45. The lowest BCUT2D eigenvalue weighted by Gasteiger charge is -2.10. The molecule has 2 nitrogen and oxygen atoms in total. The minimum atomic E-state index is -1.08. The average molecular weight is 353 g/mol. The van der Waals surface area contributed by atoms with E-state index in [4.69, 9.17) is 11.6 Å². The van der Waals surface area contributed by atoms with E-state index in [0.717, 1.165) is 4.47 Å². The molecule has 0 saturated heterocycles. The van der Waals surface area contributed by atoms with Crippen LogP contribution in [0.25, 0.3) is 0 Å².